The van der Waals surface area contributed by atoms with Gasteiger partial charge in [0.25, 0.3) is 0 Å². The number of aryl methyl sites for hydroxylation is 1. The number of fused-ring (bicyclic) bond motifs is 2. The first-order valence-corrected chi connectivity index (χ1v) is 8.17. The molecule has 0 amide bonds. The van der Waals surface area contributed by atoms with Crippen LogP contribution in [0.3, 0.4) is 0 Å². The zero-order valence-electron chi connectivity index (χ0n) is 13.2. The number of H-pyrrole nitrogens is 1. The summed E-state index contributed by atoms with van der Waals surface area (Å²) in [5, 5.41) is 4.35. The number of pyridine rings is 1. The molecule has 120 valence electrons. The van der Waals surface area contributed by atoms with Gasteiger partial charge in [0.15, 0.2) is 4.77 Å². The highest BCUT2D eigenvalue weighted by Gasteiger charge is 2.09. The number of anilines is 1. The predicted molar refractivity (Wildman–Crippen MR) is 97.5 cm³/mol. The fraction of sp³-hybridized carbons (Fsp3) is 0.176. The van der Waals surface area contributed by atoms with Crippen LogP contribution in [0.4, 0.5) is 5.82 Å². The molecule has 6 nitrogen and oxygen atoms in total. The van der Waals surface area contributed by atoms with Crippen LogP contribution in [0, 0.1) is 4.77 Å². The van der Waals surface area contributed by atoms with Crippen molar-refractivity contribution in [3.05, 3.63) is 53.3 Å². The van der Waals surface area contributed by atoms with E-state index in [1.54, 1.807) is 18.7 Å². The van der Waals surface area contributed by atoms with Crippen molar-refractivity contribution in [1.29, 1.82) is 0 Å². The number of aromatic amines is 1. The second kappa shape index (κ2) is 6.01. The van der Waals surface area contributed by atoms with Gasteiger partial charge in [-0.25, -0.2) is 9.97 Å². The second-order valence-corrected chi connectivity index (χ2v) is 5.88. The summed E-state index contributed by atoms with van der Waals surface area (Å²) >= 11 is 5.39. The Balaban J connectivity index is 1.79. The number of rotatable bonds is 4. The van der Waals surface area contributed by atoms with E-state index in [1.807, 2.05) is 12.1 Å². The molecule has 0 atom stereocenters. The molecule has 0 radical (unpaired) electrons. The van der Waals surface area contributed by atoms with Gasteiger partial charge in [-0.2, -0.15) is 0 Å². The minimum Gasteiger partial charge on any atom is -0.365 e. The third kappa shape index (κ3) is 2.52. The quantitative estimate of drug-likeness (QED) is 0.556. The first-order valence-electron chi connectivity index (χ1n) is 7.76. The van der Waals surface area contributed by atoms with Crippen molar-refractivity contribution in [2.24, 2.45) is 0 Å². The maximum Gasteiger partial charge on any atom is 0.178 e. The normalized spacial score (nSPS) is 11.2. The average Bonchev–Trinajstić information content (AvgIpc) is 2.93. The van der Waals surface area contributed by atoms with Gasteiger partial charge in [0.05, 0.1) is 16.6 Å². The Morgan fingerprint density at radius 2 is 2.04 bits per heavy atom. The number of aromatic nitrogens is 5. The highest BCUT2D eigenvalue weighted by atomic mass is 32.1. The third-order valence-electron chi connectivity index (χ3n) is 4.06. The summed E-state index contributed by atoms with van der Waals surface area (Å²) in [6, 6.07) is 8.07. The summed E-state index contributed by atoms with van der Waals surface area (Å²) < 4.78 is 2.79. The van der Waals surface area contributed by atoms with Crippen LogP contribution in [-0.2, 0) is 13.1 Å². The van der Waals surface area contributed by atoms with Crippen molar-refractivity contribution in [3.63, 3.8) is 0 Å². The molecule has 0 saturated heterocycles. The maximum absolute atomic E-state index is 5.39. The zero-order chi connectivity index (χ0) is 16.5. The van der Waals surface area contributed by atoms with Crippen LogP contribution in [0.25, 0.3) is 21.9 Å². The van der Waals surface area contributed by atoms with Gasteiger partial charge in [0.1, 0.15) is 12.1 Å². The summed E-state index contributed by atoms with van der Waals surface area (Å²) in [5.41, 5.74) is 4.10. The second-order valence-electron chi connectivity index (χ2n) is 5.49. The van der Waals surface area contributed by atoms with E-state index in [4.69, 9.17) is 12.2 Å². The van der Waals surface area contributed by atoms with Crippen molar-refractivity contribution in [2.75, 3.05) is 5.32 Å². The van der Waals surface area contributed by atoms with Crippen LogP contribution in [0.15, 0.2) is 43.0 Å². The standard InChI is InChI=1S/C17H16N6S/c1-2-23-15-8-13-12(7-14(15)22-17(23)24)16(21-10-20-13)19-9-11-3-5-18-6-4-11/h3-8,10H,2,9H2,1H3,(H,22,24)(H,19,20,21). The van der Waals surface area contributed by atoms with Crippen LogP contribution in [0.1, 0.15) is 12.5 Å². The van der Waals surface area contributed by atoms with E-state index < -0.39 is 0 Å². The molecule has 2 N–H and O–H groups in total. The molecule has 24 heavy (non-hydrogen) atoms. The zero-order valence-corrected chi connectivity index (χ0v) is 14.0. The van der Waals surface area contributed by atoms with Crippen molar-refractivity contribution in [3.8, 4) is 0 Å². The van der Waals surface area contributed by atoms with E-state index >= 15 is 0 Å². The maximum atomic E-state index is 5.39. The summed E-state index contributed by atoms with van der Waals surface area (Å²) in [4.78, 5) is 16.1. The van der Waals surface area contributed by atoms with Crippen molar-refractivity contribution < 1.29 is 0 Å². The van der Waals surface area contributed by atoms with Crippen LogP contribution in [0.5, 0.6) is 0 Å². The van der Waals surface area contributed by atoms with Gasteiger partial charge in [-0.05, 0) is 49.0 Å². The van der Waals surface area contributed by atoms with Crippen LogP contribution >= 0.6 is 12.2 Å². The highest BCUT2D eigenvalue weighted by Crippen LogP contribution is 2.25. The van der Waals surface area contributed by atoms with Gasteiger partial charge in [-0.15, -0.1) is 0 Å². The Kier molecular flexibility index (Phi) is 3.70. The lowest BCUT2D eigenvalue weighted by atomic mass is 10.2. The number of imidazole rings is 1. The lowest BCUT2D eigenvalue weighted by Crippen LogP contribution is -2.02. The minimum atomic E-state index is 0.679. The Hall–Kier alpha value is -2.80. The molecule has 0 spiro atoms. The van der Waals surface area contributed by atoms with Gasteiger partial charge in [0.2, 0.25) is 0 Å². The van der Waals surface area contributed by atoms with E-state index in [9.17, 15) is 0 Å². The van der Waals surface area contributed by atoms with E-state index in [0.29, 0.717) is 6.54 Å². The largest absolute Gasteiger partial charge is 0.365 e. The fourth-order valence-corrected chi connectivity index (χ4v) is 3.19. The number of hydrogen-bond acceptors (Lipinski definition) is 5. The molecule has 0 bridgehead atoms. The van der Waals surface area contributed by atoms with E-state index in [0.717, 1.165) is 44.6 Å². The highest BCUT2D eigenvalue weighted by molar-refractivity contribution is 7.71. The smallest absolute Gasteiger partial charge is 0.178 e. The molecule has 3 aromatic heterocycles. The van der Waals surface area contributed by atoms with Gasteiger partial charge in [0, 0.05) is 30.9 Å². The lowest BCUT2D eigenvalue weighted by molar-refractivity contribution is 0.774. The summed E-state index contributed by atoms with van der Waals surface area (Å²) in [6.07, 6.45) is 5.15. The van der Waals surface area contributed by atoms with Crippen LogP contribution < -0.4 is 5.32 Å². The molecular formula is C17H16N6S. The SMILES string of the molecule is CCn1c(=S)[nH]c2cc3c(NCc4ccncc4)ncnc3cc21. The molecule has 0 aliphatic rings. The van der Waals surface area contributed by atoms with Crippen molar-refractivity contribution in [1.82, 2.24) is 24.5 Å². The Morgan fingerprint density at radius 3 is 2.83 bits per heavy atom. The molecule has 0 fully saturated rings. The topological polar surface area (TPSA) is 71.4 Å². The number of hydrogen-bond donors (Lipinski definition) is 2. The van der Waals surface area contributed by atoms with E-state index in [1.165, 1.54) is 0 Å². The number of benzene rings is 1. The third-order valence-corrected chi connectivity index (χ3v) is 4.38. The molecule has 1 aromatic carbocycles. The minimum absolute atomic E-state index is 0.679. The predicted octanol–water partition coefficient (Wildman–Crippen LogP) is 3.67. The summed E-state index contributed by atoms with van der Waals surface area (Å²) in [5.74, 6) is 0.808. The Bertz CT molecular complexity index is 1070. The van der Waals surface area contributed by atoms with Crippen LogP contribution in [-0.4, -0.2) is 24.5 Å². The van der Waals surface area contributed by atoms with E-state index in [-0.39, 0.29) is 0 Å². The molecule has 0 unspecified atom stereocenters. The van der Waals surface area contributed by atoms with Gasteiger partial charge < -0.3 is 14.9 Å². The van der Waals surface area contributed by atoms with Gasteiger partial charge in [-0.3, -0.25) is 4.98 Å². The average molecular weight is 336 g/mol. The van der Waals surface area contributed by atoms with Gasteiger partial charge >= 0.3 is 0 Å². The molecule has 3 heterocycles. The Labute approximate surface area is 143 Å². The first kappa shape index (κ1) is 14.8. The number of nitrogens with zero attached hydrogens (tertiary/aromatic N) is 4. The molecule has 0 saturated carbocycles. The van der Waals surface area contributed by atoms with Gasteiger partial charge in [-0.1, -0.05) is 0 Å². The summed E-state index contributed by atoms with van der Waals surface area (Å²) in [7, 11) is 0. The van der Waals surface area contributed by atoms with E-state index in [2.05, 4.69) is 48.9 Å². The first-order chi connectivity index (χ1) is 11.8. The van der Waals surface area contributed by atoms with Crippen LogP contribution in [0.2, 0.25) is 0 Å². The fourth-order valence-electron chi connectivity index (χ4n) is 2.85. The molecule has 4 aromatic rings. The molecular weight excluding hydrogens is 320 g/mol. The molecule has 7 heteroatoms. The molecule has 0 aliphatic heterocycles. The number of nitrogens with one attached hydrogen (secondary N) is 2. The molecule has 0 aliphatic carbocycles. The monoisotopic (exact) mass is 336 g/mol. The Morgan fingerprint density at radius 1 is 1.21 bits per heavy atom. The van der Waals surface area contributed by atoms with Crippen molar-refractivity contribution >= 4 is 40.0 Å². The van der Waals surface area contributed by atoms with Crippen molar-refractivity contribution in [2.45, 2.75) is 20.0 Å². The summed E-state index contributed by atoms with van der Waals surface area (Å²) in [6.45, 7) is 3.58. The lowest BCUT2D eigenvalue weighted by Gasteiger charge is -2.09. The molecule has 4 rings (SSSR count).